The van der Waals surface area contributed by atoms with Crippen molar-refractivity contribution in [2.24, 2.45) is 0 Å². The van der Waals surface area contributed by atoms with Gasteiger partial charge in [-0.05, 0) is 0 Å². The zero-order valence-electron chi connectivity index (χ0n) is 6.06. The van der Waals surface area contributed by atoms with Crippen molar-refractivity contribution in [1.29, 1.82) is 5.26 Å². The molecule has 0 aliphatic rings. The van der Waals surface area contributed by atoms with Gasteiger partial charge >= 0.3 is 0 Å². The summed E-state index contributed by atoms with van der Waals surface area (Å²) in [4.78, 5) is 3.04. The first-order valence-corrected chi connectivity index (χ1v) is 3.89. The van der Waals surface area contributed by atoms with E-state index in [-0.39, 0.29) is 4.47 Å². The van der Waals surface area contributed by atoms with Crippen molar-refractivity contribution >= 4 is 15.9 Å². The summed E-state index contributed by atoms with van der Waals surface area (Å²) >= 11 is 2.73. The third-order valence-electron chi connectivity index (χ3n) is 1.30. The SMILES string of the molecule is N#Cc1nc(F)cc(Br)c1C(F)F. The van der Waals surface area contributed by atoms with Crippen LogP contribution in [-0.4, -0.2) is 4.98 Å². The van der Waals surface area contributed by atoms with Gasteiger partial charge in [-0.25, -0.2) is 13.8 Å². The van der Waals surface area contributed by atoms with Gasteiger partial charge in [-0.3, -0.25) is 0 Å². The molecular formula is C7H2BrF3N2. The Balaban J connectivity index is 3.41. The Morgan fingerprint density at radius 2 is 2.15 bits per heavy atom. The fraction of sp³-hybridized carbons (Fsp3) is 0.143. The van der Waals surface area contributed by atoms with Crippen molar-refractivity contribution in [2.45, 2.75) is 6.43 Å². The summed E-state index contributed by atoms with van der Waals surface area (Å²) in [5.41, 5.74) is -1.18. The summed E-state index contributed by atoms with van der Waals surface area (Å²) in [5.74, 6) is -0.965. The summed E-state index contributed by atoms with van der Waals surface area (Å²) in [6.07, 6.45) is -2.85. The minimum absolute atomic E-state index is 0.147. The van der Waals surface area contributed by atoms with Gasteiger partial charge in [-0.1, -0.05) is 15.9 Å². The van der Waals surface area contributed by atoms with E-state index in [1.807, 2.05) is 0 Å². The molecule has 0 aliphatic heterocycles. The molecule has 0 saturated heterocycles. The van der Waals surface area contributed by atoms with Gasteiger partial charge in [-0.15, -0.1) is 0 Å². The molecule has 1 rings (SSSR count). The second-order valence-corrected chi connectivity index (χ2v) is 2.96. The molecule has 0 spiro atoms. The average Bonchev–Trinajstić information content (AvgIpc) is 2.01. The van der Waals surface area contributed by atoms with Crippen LogP contribution in [0.15, 0.2) is 10.5 Å². The van der Waals surface area contributed by atoms with Crippen molar-refractivity contribution in [2.75, 3.05) is 0 Å². The monoisotopic (exact) mass is 250 g/mol. The van der Waals surface area contributed by atoms with Gasteiger partial charge in [0.15, 0.2) is 5.69 Å². The standard InChI is InChI=1S/C7H2BrF3N2/c8-3-1-5(9)13-4(2-12)6(3)7(10)11/h1,7H. The Morgan fingerprint density at radius 1 is 1.54 bits per heavy atom. The largest absolute Gasteiger partial charge is 0.267 e. The molecule has 1 heterocycles. The smallest absolute Gasteiger partial charge is 0.208 e. The molecule has 0 unspecified atom stereocenters. The van der Waals surface area contributed by atoms with E-state index >= 15 is 0 Å². The number of halogens is 4. The van der Waals surface area contributed by atoms with Gasteiger partial charge in [-0.2, -0.15) is 9.65 Å². The lowest BCUT2D eigenvalue weighted by Gasteiger charge is -2.03. The maximum atomic E-state index is 12.5. The van der Waals surface area contributed by atoms with Gasteiger partial charge in [0, 0.05) is 10.5 Å². The third-order valence-corrected chi connectivity index (χ3v) is 1.96. The summed E-state index contributed by atoms with van der Waals surface area (Å²) in [6, 6.07) is 2.19. The maximum Gasteiger partial charge on any atom is 0.267 e. The summed E-state index contributed by atoms with van der Waals surface area (Å²) in [5, 5.41) is 8.38. The molecule has 1 aromatic heterocycles. The van der Waals surface area contributed by atoms with Crippen LogP contribution in [0.1, 0.15) is 17.7 Å². The van der Waals surface area contributed by atoms with E-state index < -0.39 is 23.6 Å². The molecule has 0 saturated carbocycles. The minimum atomic E-state index is -2.85. The highest BCUT2D eigenvalue weighted by Crippen LogP contribution is 2.29. The lowest BCUT2D eigenvalue weighted by molar-refractivity contribution is 0.149. The van der Waals surface area contributed by atoms with Crippen molar-refractivity contribution in [3.8, 4) is 6.07 Å². The number of aromatic nitrogens is 1. The minimum Gasteiger partial charge on any atom is -0.208 e. The summed E-state index contributed by atoms with van der Waals surface area (Å²) < 4.78 is 36.9. The van der Waals surface area contributed by atoms with Crippen LogP contribution in [-0.2, 0) is 0 Å². The summed E-state index contributed by atoms with van der Waals surface area (Å²) in [7, 11) is 0. The lowest BCUT2D eigenvalue weighted by Crippen LogP contribution is -1.98. The Kier molecular flexibility index (Phi) is 2.88. The quantitative estimate of drug-likeness (QED) is 0.719. The van der Waals surface area contributed by atoms with Gasteiger partial charge in [0.1, 0.15) is 6.07 Å². The van der Waals surface area contributed by atoms with E-state index in [2.05, 4.69) is 20.9 Å². The number of hydrogen-bond acceptors (Lipinski definition) is 2. The van der Waals surface area contributed by atoms with E-state index in [1.165, 1.54) is 6.07 Å². The Morgan fingerprint density at radius 3 is 2.62 bits per heavy atom. The number of pyridine rings is 1. The predicted molar refractivity (Wildman–Crippen MR) is 41.6 cm³/mol. The van der Waals surface area contributed by atoms with E-state index in [0.717, 1.165) is 6.07 Å². The number of alkyl halides is 2. The van der Waals surface area contributed by atoms with Crippen molar-refractivity contribution in [1.82, 2.24) is 4.98 Å². The molecular weight excluding hydrogens is 249 g/mol. The highest BCUT2D eigenvalue weighted by Gasteiger charge is 2.19. The van der Waals surface area contributed by atoms with Gasteiger partial charge < -0.3 is 0 Å². The van der Waals surface area contributed by atoms with Crippen LogP contribution in [0, 0.1) is 17.3 Å². The fourth-order valence-corrected chi connectivity index (χ4v) is 1.34. The second kappa shape index (κ2) is 3.75. The van der Waals surface area contributed by atoms with Crippen LogP contribution in [0.4, 0.5) is 13.2 Å². The van der Waals surface area contributed by atoms with E-state index in [4.69, 9.17) is 5.26 Å². The maximum absolute atomic E-state index is 12.5. The molecule has 0 N–H and O–H groups in total. The van der Waals surface area contributed by atoms with Gasteiger partial charge in [0.05, 0.1) is 5.56 Å². The van der Waals surface area contributed by atoms with Crippen LogP contribution in [0.3, 0.4) is 0 Å². The molecule has 0 bridgehead atoms. The topological polar surface area (TPSA) is 36.7 Å². The van der Waals surface area contributed by atoms with Gasteiger partial charge in [0.2, 0.25) is 5.95 Å². The van der Waals surface area contributed by atoms with E-state index in [9.17, 15) is 13.2 Å². The molecule has 0 aromatic carbocycles. The number of nitrogens with zero attached hydrogens (tertiary/aromatic N) is 2. The zero-order valence-corrected chi connectivity index (χ0v) is 7.65. The second-order valence-electron chi connectivity index (χ2n) is 2.10. The first-order valence-electron chi connectivity index (χ1n) is 3.10. The molecule has 0 atom stereocenters. The highest BCUT2D eigenvalue weighted by molar-refractivity contribution is 9.10. The molecule has 1 aromatic rings. The molecule has 0 aliphatic carbocycles. The van der Waals surface area contributed by atoms with Crippen LogP contribution in [0.25, 0.3) is 0 Å². The number of rotatable bonds is 1. The lowest BCUT2D eigenvalue weighted by atomic mass is 10.2. The van der Waals surface area contributed by atoms with Crippen molar-refractivity contribution in [3.63, 3.8) is 0 Å². The van der Waals surface area contributed by atoms with E-state index in [1.54, 1.807) is 0 Å². The first-order chi connectivity index (χ1) is 6.06. The van der Waals surface area contributed by atoms with Crippen LogP contribution >= 0.6 is 15.9 Å². The zero-order chi connectivity index (χ0) is 10.0. The fourth-order valence-electron chi connectivity index (χ4n) is 0.788. The van der Waals surface area contributed by atoms with Crippen LogP contribution in [0.5, 0.6) is 0 Å². The Labute approximate surface area is 80.1 Å². The molecule has 0 amide bonds. The Bertz CT molecular complexity index is 373. The molecule has 13 heavy (non-hydrogen) atoms. The summed E-state index contributed by atoms with van der Waals surface area (Å²) in [6.45, 7) is 0. The number of nitriles is 1. The predicted octanol–water partition coefficient (Wildman–Crippen LogP) is 2.79. The normalized spacial score (nSPS) is 10.2. The molecule has 2 nitrogen and oxygen atoms in total. The molecule has 0 fully saturated rings. The number of hydrogen-bond donors (Lipinski definition) is 0. The molecule has 6 heteroatoms. The van der Waals surface area contributed by atoms with Gasteiger partial charge in [0.25, 0.3) is 6.43 Å². The Hall–Kier alpha value is -1.09. The highest BCUT2D eigenvalue weighted by atomic mass is 79.9. The first kappa shape index (κ1) is 9.99. The molecule has 0 radical (unpaired) electrons. The third kappa shape index (κ3) is 1.98. The van der Waals surface area contributed by atoms with Crippen molar-refractivity contribution in [3.05, 3.63) is 27.7 Å². The van der Waals surface area contributed by atoms with E-state index in [0.29, 0.717) is 0 Å². The van der Waals surface area contributed by atoms with Crippen molar-refractivity contribution < 1.29 is 13.2 Å². The van der Waals surface area contributed by atoms with Crippen LogP contribution in [0.2, 0.25) is 0 Å². The van der Waals surface area contributed by atoms with Crippen LogP contribution < -0.4 is 0 Å². The molecule has 68 valence electrons. The average molecular weight is 251 g/mol.